The predicted molar refractivity (Wildman–Crippen MR) is 120 cm³/mol. The Morgan fingerprint density at radius 1 is 1.10 bits per heavy atom. The van der Waals surface area contributed by atoms with Gasteiger partial charge < -0.3 is 15.1 Å². The molecule has 0 saturated carbocycles. The highest BCUT2D eigenvalue weighted by Gasteiger charge is 2.16. The molecule has 4 nitrogen and oxygen atoms in total. The van der Waals surface area contributed by atoms with E-state index in [1.807, 2.05) is 25.1 Å². The van der Waals surface area contributed by atoms with E-state index < -0.39 is 5.97 Å². The lowest BCUT2D eigenvalue weighted by molar-refractivity contribution is -0.136. The first kappa shape index (κ1) is 18.8. The smallest absolute Gasteiger partial charge is 0.303 e. The van der Waals surface area contributed by atoms with Crippen LogP contribution in [0.4, 0.5) is 0 Å². The number of carboxylic acids is 1. The van der Waals surface area contributed by atoms with Gasteiger partial charge >= 0.3 is 5.97 Å². The van der Waals surface area contributed by atoms with E-state index in [0.29, 0.717) is 6.42 Å². The third kappa shape index (κ3) is 3.38. The van der Waals surface area contributed by atoms with Crippen LogP contribution in [0.3, 0.4) is 0 Å². The van der Waals surface area contributed by atoms with E-state index in [2.05, 4.69) is 53.5 Å². The van der Waals surface area contributed by atoms with Gasteiger partial charge in [0.15, 0.2) is 0 Å². The monoisotopic (exact) mass is 384 g/mol. The van der Waals surface area contributed by atoms with E-state index in [0.717, 1.165) is 56.5 Å². The van der Waals surface area contributed by atoms with Gasteiger partial charge in [-0.05, 0) is 53.8 Å². The molecule has 0 spiro atoms. The Balaban J connectivity index is 1.80. The summed E-state index contributed by atoms with van der Waals surface area (Å²) in [4.78, 5) is 18.0. The average molecular weight is 384 g/mol. The maximum atomic E-state index is 11.1. The molecule has 0 aliphatic heterocycles. The summed E-state index contributed by atoms with van der Waals surface area (Å²) in [5.74, 6) is -0.786. The highest BCUT2D eigenvalue weighted by Crippen LogP contribution is 2.32. The molecule has 0 fully saturated rings. The quantitative estimate of drug-likeness (QED) is 0.374. The van der Waals surface area contributed by atoms with Gasteiger partial charge in [0, 0.05) is 46.0 Å². The maximum absolute atomic E-state index is 11.1. The summed E-state index contributed by atoms with van der Waals surface area (Å²) < 4.78 is 0. The first-order valence-electron chi connectivity index (χ1n) is 9.72. The molecule has 2 aromatic carbocycles. The van der Waals surface area contributed by atoms with Gasteiger partial charge in [0.2, 0.25) is 0 Å². The number of aryl methyl sites for hydroxylation is 2. The van der Waals surface area contributed by atoms with E-state index in [1.54, 1.807) is 0 Å². The Bertz CT molecular complexity index is 1260. The molecule has 0 saturated heterocycles. The van der Waals surface area contributed by atoms with E-state index in [1.165, 1.54) is 5.39 Å². The number of H-pyrrole nitrogens is 2. The molecular weight excluding hydrogens is 360 g/mol. The number of aromatic amines is 2. The highest BCUT2D eigenvalue weighted by atomic mass is 16.4. The SMILES string of the molecule is C=Cc1cccc2[nH]c(Cc3ccc4[nH]c(C)c(CCC(=O)O)c4c3C=C)cc12. The van der Waals surface area contributed by atoms with E-state index >= 15 is 0 Å². The summed E-state index contributed by atoms with van der Waals surface area (Å²) in [5, 5.41) is 11.4. The number of fused-ring (bicyclic) bond motifs is 2. The summed E-state index contributed by atoms with van der Waals surface area (Å²) in [6.07, 6.45) is 5.11. The molecule has 0 radical (unpaired) electrons. The van der Waals surface area contributed by atoms with Gasteiger partial charge in [-0.15, -0.1) is 0 Å². The van der Waals surface area contributed by atoms with Crippen molar-refractivity contribution in [1.29, 1.82) is 0 Å². The number of carbonyl (C=O) groups is 1. The Labute approximate surface area is 169 Å². The van der Waals surface area contributed by atoms with Crippen LogP contribution < -0.4 is 0 Å². The molecule has 4 rings (SSSR count). The minimum absolute atomic E-state index is 0.112. The number of hydrogen-bond donors (Lipinski definition) is 3. The fraction of sp³-hybridized carbons (Fsp3) is 0.160. The van der Waals surface area contributed by atoms with Crippen LogP contribution in [0.25, 0.3) is 34.0 Å². The van der Waals surface area contributed by atoms with Crippen LogP contribution in [0.1, 0.15) is 40.1 Å². The molecule has 3 N–H and O–H groups in total. The molecule has 0 aliphatic carbocycles. The van der Waals surface area contributed by atoms with Crippen molar-refractivity contribution < 1.29 is 9.90 Å². The minimum Gasteiger partial charge on any atom is -0.481 e. The average Bonchev–Trinajstić information content (AvgIpc) is 3.25. The van der Waals surface area contributed by atoms with E-state index in [4.69, 9.17) is 5.11 Å². The summed E-state index contributed by atoms with van der Waals surface area (Å²) >= 11 is 0. The van der Waals surface area contributed by atoms with Gasteiger partial charge in [0.05, 0.1) is 0 Å². The third-order valence-corrected chi connectivity index (χ3v) is 5.56. The Hall–Kier alpha value is -3.53. The first-order chi connectivity index (χ1) is 14.0. The zero-order chi connectivity index (χ0) is 20.5. The second kappa shape index (κ2) is 7.47. The Kier molecular flexibility index (Phi) is 4.85. The molecule has 2 heterocycles. The van der Waals surface area contributed by atoms with Gasteiger partial charge in [0.25, 0.3) is 0 Å². The summed E-state index contributed by atoms with van der Waals surface area (Å²) in [6.45, 7) is 9.95. The van der Waals surface area contributed by atoms with Crippen molar-refractivity contribution >= 4 is 39.9 Å². The number of aromatic nitrogens is 2. The highest BCUT2D eigenvalue weighted by molar-refractivity contribution is 5.94. The van der Waals surface area contributed by atoms with Gasteiger partial charge in [-0.3, -0.25) is 4.79 Å². The van der Waals surface area contributed by atoms with Gasteiger partial charge in [0.1, 0.15) is 0 Å². The lowest BCUT2D eigenvalue weighted by atomic mass is 9.95. The molecule has 2 aromatic heterocycles. The van der Waals surface area contributed by atoms with Gasteiger partial charge in [-0.1, -0.05) is 43.5 Å². The second-order valence-electron chi connectivity index (χ2n) is 7.37. The molecule has 0 unspecified atom stereocenters. The summed E-state index contributed by atoms with van der Waals surface area (Å²) in [7, 11) is 0. The normalized spacial score (nSPS) is 11.2. The molecule has 0 atom stereocenters. The molecule has 0 amide bonds. The molecule has 4 heteroatoms. The van der Waals surface area contributed by atoms with Crippen molar-refractivity contribution in [3.63, 3.8) is 0 Å². The third-order valence-electron chi connectivity index (χ3n) is 5.56. The van der Waals surface area contributed by atoms with Gasteiger partial charge in [-0.25, -0.2) is 0 Å². The lowest BCUT2D eigenvalue weighted by Crippen LogP contribution is -1.99. The zero-order valence-corrected chi connectivity index (χ0v) is 16.5. The minimum atomic E-state index is -0.786. The number of aliphatic carboxylic acids is 1. The van der Waals surface area contributed by atoms with Crippen molar-refractivity contribution in [2.75, 3.05) is 0 Å². The van der Waals surface area contributed by atoms with Crippen LogP contribution in [0, 0.1) is 6.92 Å². The van der Waals surface area contributed by atoms with Crippen molar-refractivity contribution in [1.82, 2.24) is 9.97 Å². The lowest BCUT2D eigenvalue weighted by Gasteiger charge is -2.09. The van der Waals surface area contributed by atoms with E-state index in [9.17, 15) is 4.79 Å². The molecule has 0 bridgehead atoms. The number of benzene rings is 2. The van der Waals surface area contributed by atoms with E-state index in [-0.39, 0.29) is 6.42 Å². The molecular formula is C25H24N2O2. The molecule has 4 aromatic rings. The molecule has 146 valence electrons. The standard InChI is InChI=1S/C25H24N2O2/c1-4-16-7-6-8-22-21(16)14-18(27-22)13-17-9-11-23-25(19(17)5-2)20(15(3)26-23)10-12-24(28)29/h4-9,11,14,26-27H,1-2,10,12-13H2,3H3,(H,28,29). The van der Waals surface area contributed by atoms with Crippen LogP contribution in [0.5, 0.6) is 0 Å². The fourth-order valence-electron chi connectivity index (χ4n) is 4.20. The Morgan fingerprint density at radius 3 is 2.66 bits per heavy atom. The topological polar surface area (TPSA) is 68.9 Å². The molecule has 29 heavy (non-hydrogen) atoms. The number of carboxylic acid groups (broad SMARTS) is 1. The maximum Gasteiger partial charge on any atom is 0.303 e. The predicted octanol–water partition coefficient (Wildman–Crippen LogP) is 5.85. The van der Waals surface area contributed by atoms with Crippen LogP contribution in [0.2, 0.25) is 0 Å². The van der Waals surface area contributed by atoms with Crippen molar-refractivity contribution in [2.24, 2.45) is 0 Å². The van der Waals surface area contributed by atoms with Crippen LogP contribution in [0.15, 0.2) is 49.6 Å². The van der Waals surface area contributed by atoms with Crippen LogP contribution >= 0.6 is 0 Å². The summed E-state index contributed by atoms with van der Waals surface area (Å²) in [5.41, 5.74) is 8.65. The van der Waals surface area contributed by atoms with Crippen molar-refractivity contribution in [2.45, 2.75) is 26.2 Å². The fourth-order valence-corrected chi connectivity index (χ4v) is 4.20. The molecule has 0 aliphatic rings. The Morgan fingerprint density at radius 2 is 1.93 bits per heavy atom. The second-order valence-corrected chi connectivity index (χ2v) is 7.37. The number of nitrogens with one attached hydrogen (secondary N) is 2. The van der Waals surface area contributed by atoms with Crippen LogP contribution in [-0.4, -0.2) is 21.0 Å². The summed E-state index contributed by atoms with van der Waals surface area (Å²) in [6, 6.07) is 12.5. The van der Waals surface area contributed by atoms with Crippen molar-refractivity contribution in [3.05, 3.63) is 83.2 Å². The van der Waals surface area contributed by atoms with Crippen molar-refractivity contribution in [3.8, 4) is 0 Å². The number of hydrogen-bond acceptors (Lipinski definition) is 1. The van der Waals surface area contributed by atoms with Crippen LogP contribution in [-0.2, 0) is 17.6 Å². The zero-order valence-electron chi connectivity index (χ0n) is 16.5. The first-order valence-corrected chi connectivity index (χ1v) is 9.72. The largest absolute Gasteiger partial charge is 0.481 e. The van der Waals surface area contributed by atoms with Gasteiger partial charge in [-0.2, -0.15) is 0 Å². The number of rotatable bonds is 7.